The molecule has 0 bridgehead atoms. The summed E-state index contributed by atoms with van der Waals surface area (Å²) in [7, 11) is 1.90. The van der Waals surface area contributed by atoms with E-state index in [9.17, 15) is 4.79 Å². The molecular weight excluding hydrogens is 260 g/mol. The number of nitrogens with zero attached hydrogens (tertiary/aromatic N) is 1. The summed E-state index contributed by atoms with van der Waals surface area (Å²) in [6, 6.07) is 10.7. The monoisotopic (exact) mass is 288 g/mol. The molecule has 1 N–H and O–H groups in total. The van der Waals surface area contributed by atoms with Crippen LogP contribution in [0.2, 0.25) is 0 Å². The van der Waals surface area contributed by atoms with Crippen LogP contribution in [-0.4, -0.2) is 37.5 Å². The van der Waals surface area contributed by atoms with Gasteiger partial charge in [0.05, 0.1) is 0 Å². The van der Waals surface area contributed by atoms with Gasteiger partial charge < -0.3 is 10.2 Å². The van der Waals surface area contributed by atoms with Crippen molar-refractivity contribution >= 4 is 5.91 Å². The Kier molecular flexibility index (Phi) is 6.24. The van der Waals surface area contributed by atoms with E-state index in [0.717, 1.165) is 44.8 Å². The van der Waals surface area contributed by atoms with Crippen LogP contribution in [-0.2, 0) is 11.2 Å². The fourth-order valence-electron chi connectivity index (χ4n) is 3.16. The average molecular weight is 288 g/mol. The maximum Gasteiger partial charge on any atom is 0.226 e. The van der Waals surface area contributed by atoms with Gasteiger partial charge in [-0.3, -0.25) is 4.79 Å². The number of hydrogen-bond acceptors (Lipinski definition) is 2. The van der Waals surface area contributed by atoms with Crippen molar-refractivity contribution in [1.82, 2.24) is 10.2 Å². The number of amides is 1. The van der Waals surface area contributed by atoms with Crippen molar-refractivity contribution in [2.45, 2.75) is 32.6 Å². The first-order chi connectivity index (χ1) is 10.2. The number of hydrogen-bond donors (Lipinski definition) is 1. The second kappa shape index (κ2) is 8.18. The van der Waals surface area contributed by atoms with E-state index < -0.39 is 0 Å². The summed E-state index contributed by atoms with van der Waals surface area (Å²) in [6.07, 6.45) is 4.73. The molecule has 1 aromatic carbocycles. The molecule has 0 spiro atoms. The van der Waals surface area contributed by atoms with Crippen molar-refractivity contribution in [2.24, 2.45) is 11.8 Å². The summed E-state index contributed by atoms with van der Waals surface area (Å²) < 4.78 is 0. The van der Waals surface area contributed by atoms with Crippen LogP contribution in [0.3, 0.4) is 0 Å². The quantitative estimate of drug-likeness (QED) is 0.873. The van der Waals surface area contributed by atoms with Crippen LogP contribution in [0.5, 0.6) is 0 Å². The van der Waals surface area contributed by atoms with E-state index in [1.807, 2.05) is 14.0 Å². The number of carbonyl (C=O) groups is 1. The van der Waals surface area contributed by atoms with Gasteiger partial charge in [-0.15, -0.1) is 0 Å². The minimum absolute atomic E-state index is 0.0934. The van der Waals surface area contributed by atoms with Gasteiger partial charge in [0.2, 0.25) is 5.91 Å². The van der Waals surface area contributed by atoms with E-state index in [-0.39, 0.29) is 5.92 Å². The second-order valence-corrected chi connectivity index (χ2v) is 6.25. The van der Waals surface area contributed by atoms with E-state index >= 15 is 0 Å². The third kappa shape index (κ3) is 4.85. The molecule has 0 aromatic heterocycles. The third-order valence-electron chi connectivity index (χ3n) is 4.54. The summed E-state index contributed by atoms with van der Waals surface area (Å²) in [5.74, 6) is 1.18. The Bertz CT molecular complexity index is 424. The highest BCUT2D eigenvalue weighted by molar-refractivity contribution is 5.78. The second-order valence-electron chi connectivity index (χ2n) is 6.25. The van der Waals surface area contributed by atoms with E-state index in [4.69, 9.17) is 0 Å². The highest BCUT2D eigenvalue weighted by Crippen LogP contribution is 2.23. The molecule has 116 valence electrons. The van der Waals surface area contributed by atoms with Crippen molar-refractivity contribution in [2.75, 3.05) is 26.7 Å². The maximum absolute atomic E-state index is 12.3. The SMILES string of the molecule is CNCC(C)C(=O)N1CCC(CCc2ccccc2)CC1. The first-order valence-electron chi connectivity index (χ1n) is 8.18. The molecule has 1 aliphatic rings. The predicted octanol–water partition coefficient (Wildman–Crippen LogP) is 2.71. The summed E-state index contributed by atoms with van der Waals surface area (Å²) in [4.78, 5) is 14.3. The molecule has 1 aromatic rings. The van der Waals surface area contributed by atoms with Gasteiger partial charge >= 0.3 is 0 Å². The molecule has 1 amide bonds. The number of benzene rings is 1. The summed E-state index contributed by atoms with van der Waals surface area (Å²) in [6.45, 7) is 4.66. The maximum atomic E-state index is 12.3. The van der Waals surface area contributed by atoms with Crippen LogP contribution < -0.4 is 5.32 Å². The lowest BCUT2D eigenvalue weighted by atomic mass is 9.90. The molecule has 21 heavy (non-hydrogen) atoms. The van der Waals surface area contributed by atoms with Crippen molar-refractivity contribution in [3.63, 3.8) is 0 Å². The standard InChI is InChI=1S/C18H28N2O/c1-15(14-19-2)18(21)20-12-10-17(11-13-20)9-8-16-6-4-3-5-7-16/h3-7,15,17,19H,8-14H2,1-2H3. The molecule has 1 aliphatic heterocycles. The highest BCUT2D eigenvalue weighted by atomic mass is 16.2. The lowest BCUT2D eigenvalue weighted by molar-refractivity contribution is -0.136. The molecule has 1 atom stereocenters. The van der Waals surface area contributed by atoms with E-state index in [1.165, 1.54) is 12.0 Å². The number of likely N-dealkylation sites (tertiary alicyclic amines) is 1. The van der Waals surface area contributed by atoms with Crippen LogP contribution in [0.4, 0.5) is 0 Å². The van der Waals surface area contributed by atoms with E-state index in [0.29, 0.717) is 5.91 Å². The van der Waals surface area contributed by atoms with Gasteiger partial charge in [-0.2, -0.15) is 0 Å². The number of rotatable bonds is 6. The van der Waals surface area contributed by atoms with Crippen molar-refractivity contribution in [3.05, 3.63) is 35.9 Å². The fourth-order valence-corrected chi connectivity index (χ4v) is 3.16. The zero-order valence-corrected chi connectivity index (χ0v) is 13.3. The van der Waals surface area contributed by atoms with Crippen molar-refractivity contribution in [3.8, 4) is 0 Å². The Balaban J connectivity index is 1.72. The fraction of sp³-hybridized carbons (Fsp3) is 0.611. The van der Waals surface area contributed by atoms with Gasteiger partial charge in [-0.25, -0.2) is 0 Å². The largest absolute Gasteiger partial charge is 0.342 e. The van der Waals surface area contributed by atoms with Gasteiger partial charge in [-0.05, 0) is 44.2 Å². The number of carbonyl (C=O) groups excluding carboxylic acids is 1. The molecule has 1 heterocycles. The Morgan fingerprint density at radius 1 is 1.29 bits per heavy atom. The molecular formula is C18H28N2O. The van der Waals surface area contributed by atoms with E-state index in [1.54, 1.807) is 0 Å². The van der Waals surface area contributed by atoms with Gasteiger partial charge in [-0.1, -0.05) is 37.3 Å². The zero-order chi connectivity index (χ0) is 15.1. The Labute approximate surface area is 128 Å². The topological polar surface area (TPSA) is 32.3 Å². The Morgan fingerprint density at radius 2 is 1.95 bits per heavy atom. The molecule has 0 saturated carbocycles. The number of nitrogens with one attached hydrogen (secondary N) is 1. The molecule has 1 unspecified atom stereocenters. The molecule has 3 heteroatoms. The van der Waals surface area contributed by atoms with Crippen molar-refractivity contribution < 1.29 is 4.79 Å². The number of piperidine rings is 1. The third-order valence-corrected chi connectivity index (χ3v) is 4.54. The van der Waals surface area contributed by atoms with Crippen LogP contribution in [0.15, 0.2) is 30.3 Å². The van der Waals surface area contributed by atoms with Gasteiger partial charge in [0.15, 0.2) is 0 Å². The first-order valence-corrected chi connectivity index (χ1v) is 8.18. The van der Waals surface area contributed by atoms with Crippen LogP contribution >= 0.6 is 0 Å². The Morgan fingerprint density at radius 3 is 2.57 bits per heavy atom. The van der Waals surface area contributed by atoms with Gasteiger partial charge in [0, 0.05) is 25.6 Å². The minimum Gasteiger partial charge on any atom is -0.342 e. The highest BCUT2D eigenvalue weighted by Gasteiger charge is 2.25. The van der Waals surface area contributed by atoms with Gasteiger partial charge in [0.1, 0.15) is 0 Å². The molecule has 2 rings (SSSR count). The molecule has 1 saturated heterocycles. The normalized spacial score (nSPS) is 17.7. The summed E-state index contributed by atoms with van der Waals surface area (Å²) in [5.41, 5.74) is 1.43. The molecule has 0 radical (unpaired) electrons. The smallest absolute Gasteiger partial charge is 0.226 e. The van der Waals surface area contributed by atoms with Crippen molar-refractivity contribution in [1.29, 1.82) is 0 Å². The molecule has 0 aliphatic carbocycles. The van der Waals surface area contributed by atoms with Gasteiger partial charge in [0.25, 0.3) is 0 Å². The van der Waals surface area contributed by atoms with Crippen LogP contribution in [0.1, 0.15) is 31.7 Å². The number of aryl methyl sites for hydroxylation is 1. The summed E-state index contributed by atoms with van der Waals surface area (Å²) >= 11 is 0. The lowest BCUT2D eigenvalue weighted by Gasteiger charge is -2.33. The molecule has 1 fully saturated rings. The average Bonchev–Trinajstić information content (AvgIpc) is 2.54. The van der Waals surface area contributed by atoms with Crippen LogP contribution in [0, 0.1) is 11.8 Å². The van der Waals surface area contributed by atoms with Crippen LogP contribution in [0.25, 0.3) is 0 Å². The molecule has 3 nitrogen and oxygen atoms in total. The lowest BCUT2D eigenvalue weighted by Crippen LogP contribution is -2.43. The van der Waals surface area contributed by atoms with E-state index in [2.05, 4.69) is 40.5 Å². The first kappa shape index (κ1) is 16.0. The minimum atomic E-state index is 0.0934. The Hall–Kier alpha value is -1.35. The summed E-state index contributed by atoms with van der Waals surface area (Å²) in [5, 5.41) is 3.09. The predicted molar refractivity (Wildman–Crippen MR) is 87.2 cm³/mol. The zero-order valence-electron chi connectivity index (χ0n) is 13.3.